The fourth-order valence-corrected chi connectivity index (χ4v) is 3.79. The number of carbonyl (C=O) groups excluding carboxylic acids is 1. The quantitative estimate of drug-likeness (QED) is 0.918. The van der Waals surface area contributed by atoms with Crippen molar-refractivity contribution in [3.8, 4) is 0 Å². The van der Waals surface area contributed by atoms with Crippen molar-refractivity contribution in [1.82, 2.24) is 14.9 Å². The van der Waals surface area contributed by atoms with Crippen molar-refractivity contribution < 1.29 is 4.79 Å². The van der Waals surface area contributed by atoms with E-state index >= 15 is 0 Å². The van der Waals surface area contributed by atoms with Gasteiger partial charge >= 0.3 is 0 Å². The third kappa shape index (κ3) is 3.30. The number of hydrogen-bond acceptors (Lipinski definition) is 6. The zero-order valence-corrected chi connectivity index (χ0v) is 14.3. The number of rotatable bonds is 5. The van der Waals surface area contributed by atoms with Crippen LogP contribution in [-0.4, -0.2) is 27.8 Å². The summed E-state index contributed by atoms with van der Waals surface area (Å²) in [4.78, 5) is 24.1. The number of hydrogen-bond donors (Lipinski definition) is 1. The molecule has 114 valence electrons. The Morgan fingerprint density at radius 1 is 1.43 bits per heavy atom. The predicted molar refractivity (Wildman–Crippen MR) is 86.7 cm³/mol. The lowest BCUT2D eigenvalue weighted by molar-refractivity contribution is 0.0739. The largest absolute Gasteiger partial charge is 0.333 e. The monoisotopic (exact) mass is 324 g/mol. The zero-order valence-electron chi connectivity index (χ0n) is 12.7. The summed E-state index contributed by atoms with van der Waals surface area (Å²) >= 11 is 3.10. The minimum Gasteiger partial charge on any atom is -0.333 e. The molecule has 2 heterocycles. The SMILES string of the molecule is CCc1nc(C)c(C(C)N(C)C(=O)c2csc(CN)n2)s1. The van der Waals surface area contributed by atoms with Crippen LogP contribution >= 0.6 is 22.7 Å². The summed E-state index contributed by atoms with van der Waals surface area (Å²) in [7, 11) is 1.80. The molecule has 5 nitrogen and oxygen atoms in total. The molecule has 0 aromatic carbocycles. The van der Waals surface area contributed by atoms with E-state index in [4.69, 9.17) is 5.73 Å². The van der Waals surface area contributed by atoms with Gasteiger partial charge in [0.1, 0.15) is 10.7 Å². The zero-order chi connectivity index (χ0) is 15.6. The summed E-state index contributed by atoms with van der Waals surface area (Å²) in [5.41, 5.74) is 7.01. The van der Waals surface area contributed by atoms with E-state index < -0.39 is 0 Å². The summed E-state index contributed by atoms with van der Waals surface area (Å²) in [5, 5.41) is 3.65. The smallest absolute Gasteiger partial charge is 0.273 e. The molecule has 2 aromatic rings. The highest BCUT2D eigenvalue weighted by molar-refractivity contribution is 7.11. The molecular weight excluding hydrogens is 304 g/mol. The van der Waals surface area contributed by atoms with Gasteiger partial charge in [0.15, 0.2) is 0 Å². The minimum absolute atomic E-state index is 0.0154. The normalized spacial score (nSPS) is 12.4. The standard InChI is InChI=1S/C14H20N4OS2/c1-5-11-16-8(2)13(21-11)9(3)18(4)14(19)10-7-20-12(6-15)17-10/h7,9H,5-6,15H2,1-4H3. The molecule has 0 saturated carbocycles. The van der Waals surface area contributed by atoms with Crippen LogP contribution in [0.25, 0.3) is 0 Å². The van der Waals surface area contributed by atoms with Crippen molar-refractivity contribution in [3.63, 3.8) is 0 Å². The number of aryl methyl sites for hydroxylation is 2. The second kappa shape index (κ2) is 6.64. The van der Waals surface area contributed by atoms with Crippen molar-refractivity contribution in [2.75, 3.05) is 7.05 Å². The Kier molecular flexibility index (Phi) is 5.08. The summed E-state index contributed by atoms with van der Waals surface area (Å²) in [6, 6.07) is -0.0154. The van der Waals surface area contributed by atoms with Gasteiger partial charge in [-0.15, -0.1) is 22.7 Å². The molecule has 7 heteroatoms. The first-order chi connectivity index (χ1) is 9.97. The van der Waals surface area contributed by atoms with E-state index in [-0.39, 0.29) is 11.9 Å². The summed E-state index contributed by atoms with van der Waals surface area (Å²) in [6.07, 6.45) is 0.918. The van der Waals surface area contributed by atoms with Crippen LogP contribution in [0.5, 0.6) is 0 Å². The summed E-state index contributed by atoms with van der Waals surface area (Å²) in [5.74, 6) is -0.0794. The van der Waals surface area contributed by atoms with E-state index in [2.05, 4.69) is 16.9 Å². The number of thiazole rings is 2. The average Bonchev–Trinajstić information content (AvgIpc) is 3.11. The minimum atomic E-state index is -0.0794. The van der Waals surface area contributed by atoms with Crippen molar-refractivity contribution in [1.29, 1.82) is 0 Å². The van der Waals surface area contributed by atoms with Gasteiger partial charge in [0.25, 0.3) is 5.91 Å². The van der Waals surface area contributed by atoms with Crippen LogP contribution in [-0.2, 0) is 13.0 Å². The molecule has 0 fully saturated rings. The highest BCUT2D eigenvalue weighted by atomic mass is 32.1. The predicted octanol–water partition coefficient (Wildman–Crippen LogP) is 2.76. The van der Waals surface area contributed by atoms with Crippen molar-refractivity contribution in [2.45, 2.75) is 39.8 Å². The van der Waals surface area contributed by atoms with Gasteiger partial charge in [0.2, 0.25) is 0 Å². The molecule has 0 aliphatic carbocycles. The Bertz CT molecular complexity index is 635. The molecule has 0 aliphatic rings. The first-order valence-corrected chi connectivity index (χ1v) is 8.55. The molecule has 0 aliphatic heterocycles. The van der Waals surface area contributed by atoms with E-state index in [1.54, 1.807) is 28.7 Å². The van der Waals surface area contributed by atoms with Crippen LogP contribution in [0, 0.1) is 6.92 Å². The summed E-state index contributed by atoms with van der Waals surface area (Å²) < 4.78 is 0. The maximum absolute atomic E-state index is 12.5. The lowest BCUT2D eigenvalue weighted by Gasteiger charge is -2.23. The number of aromatic nitrogens is 2. The van der Waals surface area contributed by atoms with Gasteiger partial charge in [-0.05, 0) is 20.3 Å². The molecule has 0 saturated heterocycles. The van der Waals surface area contributed by atoms with Gasteiger partial charge in [-0.1, -0.05) is 6.92 Å². The molecule has 2 rings (SSSR count). The first-order valence-electron chi connectivity index (χ1n) is 6.85. The van der Waals surface area contributed by atoms with E-state index in [0.717, 1.165) is 27.0 Å². The van der Waals surface area contributed by atoms with Gasteiger partial charge in [0, 0.05) is 23.8 Å². The van der Waals surface area contributed by atoms with Gasteiger partial charge in [-0.25, -0.2) is 9.97 Å². The van der Waals surface area contributed by atoms with Gasteiger partial charge < -0.3 is 10.6 Å². The van der Waals surface area contributed by atoms with Crippen LogP contribution in [0.3, 0.4) is 0 Å². The maximum Gasteiger partial charge on any atom is 0.273 e. The fourth-order valence-electron chi connectivity index (χ4n) is 2.04. The fraction of sp³-hybridized carbons (Fsp3) is 0.500. The molecule has 2 aromatic heterocycles. The van der Waals surface area contributed by atoms with E-state index in [9.17, 15) is 4.79 Å². The molecule has 21 heavy (non-hydrogen) atoms. The second-order valence-corrected chi connectivity index (χ2v) is 6.89. The molecule has 2 N–H and O–H groups in total. The Hall–Kier alpha value is -1.31. The number of carbonyl (C=O) groups is 1. The van der Waals surface area contributed by atoms with Crippen molar-refractivity contribution >= 4 is 28.6 Å². The Balaban J connectivity index is 2.19. The molecular formula is C14H20N4OS2. The first kappa shape index (κ1) is 16.1. The highest BCUT2D eigenvalue weighted by Crippen LogP contribution is 2.29. The number of nitrogens with zero attached hydrogens (tertiary/aromatic N) is 3. The third-order valence-electron chi connectivity index (χ3n) is 3.41. The molecule has 0 radical (unpaired) electrons. The maximum atomic E-state index is 12.5. The number of nitrogens with two attached hydrogens (primary N) is 1. The Morgan fingerprint density at radius 2 is 2.14 bits per heavy atom. The molecule has 0 spiro atoms. The Labute approximate surface area is 132 Å². The van der Waals surface area contributed by atoms with Crippen molar-refractivity contribution in [3.05, 3.63) is 31.7 Å². The molecule has 1 unspecified atom stereocenters. The van der Waals surface area contributed by atoms with Crippen LogP contribution in [0.4, 0.5) is 0 Å². The lowest BCUT2D eigenvalue weighted by Crippen LogP contribution is -2.29. The van der Waals surface area contributed by atoms with Crippen LogP contribution in [0.1, 0.15) is 51.0 Å². The molecule has 1 atom stereocenters. The van der Waals surface area contributed by atoms with E-state index in [1.807, 2.05) is 13.8 Å². The average molecular weight is 324 g/mol. The van der Waals surface area contributed by atoms with Crippen molar-refractivity contribution in [2.24, 2.45) is 5.73 Å². The van der Waals surface area contributed by atoms with Gasteiger partial charge in [-0.3, -0.25) is 4.79 Å². The van der Waals surface area contributed by atoms with Crippen LogP contribution in [0.2, 0.25) is 0 Å². The van der Waals surface area contributed by atoms with Crippen LogP contribution in [0.15, 0.2) is 5.38 Å². The van der Waals surface area contributed by atoms with Gasteiger partial charge in [-0.2, -0.15) is 0 Å². The van der Waals surface area contributed by atoms with E-state index in [1.165, 1.54) is 11.3 Å². The second-order valence-electron chi connectivity index (χ2n) is 4.83. The summed E-state index contributed by atoms with van der Waals surface area (Å²) in [6.45, 7) is 6.47. The lowest BCUT2D eigenvalue weighted by atomic mass is 10.2. The van der Waals surface area contributed by atoms with Gasteiger partial charge in [0.05, 0.1) is 16.7 Å². The Morgan fingerprint density at radius 3 is 2.67 bits per heavy atom. The topological polar surface area (TPSA) is 72.1 Å². The molecule has 0 bridgehead atoms. The van der Waals surface area contributed by atoms with E-state index in [0.29, 0.717) is 12.2 Å². The highest BCUT2D eigenvalue weighted by Gasteiger charge is 2.24. The molecule has 1 amide bonds. The van der Waals surface area contributed by atoms with Crippen LogP contribution < -0.4 is 5.73 Å². The third-order valence-corrected chi connectivity index (χ3v) is 5.75. The number of amides is 1.